The van der Waals surface area contributed by atoms with Crippen LogP contribution in [0.2, 0.25) is 0 Å². The lowest BCUT2D eigenvalue weighted by Crippen LogP contribution is -2.59. The van der Waals surface area contributed by atoms with Gasteiger partial charge in [-0.25, -0.2) is 0 Å². The minimum Gasteiger partial charge on any atom is -0.481 e. The Morgan fingerprint density at radius 1 is 1.00 bits per heavy atom. The van der Waals surface area contributed by atoms with Crippen molar-refractivity contribution < 1.29 is 58.6 Å². The molecule has 212 valence electrons. The zero-order valence-electron chi connectivity index (χ0n) is 21.4. The summed E-state index contributed by atoms with van der Waals surface area (Å²) in [6.07, 6.45) is -1.60. The molecule has 0 aromatic rings. The fourth-order valence-electron chi connectivity index (χ4n) is 4.11. The van der Waals surface area contributed by atoms with Crippen molar-refractivity contribution >= 4 is 29.6 Å². The number of carbonyl (C=O) groups excluding carboxylic acids is 3. The first-order valence-corrected chi connectivity index (χ1v) is 12.4. The van der Waals surface area contributed by atoms with Crippen LogP contribution in [-0.4, -0.2) is 101 Å². The quantitative estimate of drug-likeness (QED) is 0.0773. The topological polar surface area (TPSA) is 197 Å². The summed E-state index contributed by atoms with van der Waals surface area (Å²) in [4.78, 5) is 61.3. The third-order valence-electron chi connectivity index (χ3n) is 6.20. The summed E-state index contributed by atoms with van der Waals surface area (Å²) in [6, 6.07) is 0. The molecular formula is C24H39NO12. The molecule has 1 heterocycles. The van der Waals surface area contributed by atoms with Crippen molar-refractivity contribution in [2.24, 2.45) is 17.8 Å². The van der Waals surface area contributed by atoms with Crippen LogP contribution < -0.4 is 0 Å². The number of piperidine rings is 1. The van der Waals surface area contributed by atoms with Crippen molar-refractivity contribution in [2.75, 3.05) is 33.5 Å². The molecule has 13 heteroatoms. The number of carbonyl (C=O) groups is 5. The van der Waals surface area contributed by atoms with Crippen LogP contribution in [0.4, 0.5) is 0 Å². The number of aliphatic hydroxyl groups excluding tert-OH is 2. The number of nitrogens with zero attached hydrogens (tertiary/aromatic N) is 1. The Hall–Kier alpha value is -2.61. The predicted molar refractivity (Wildman–Crippen MR) is 126 cm³/mol. The molecule has 0 aliphatic carbocycles. The van der Waals surface area contributed by atoms with E-state index in [1.165, 1.54) is 12.0 Å². The Labute approximate surface area is 215 Å². The molecule has 0 saturated carbocycles. The highest BCUT2D eigenvalue weighted by molar-refractivity contribution is 6.05. The Kier molecular flexibility index (Phi) is 14.9. The van der Waals surface area contributed by atoms with Crippen molar-refractivity contribution in [1.82, 2.24) is 4.90 Å². The number of rotatable bonds is 19. The largest absolute Gasteiger partial charge is 0.481 e. The second-order valence-electron chi connectivity index (χ2n) is 8.99. The molecule has 1 fully saturated rings. The summed E-state index contributed by atoms with van der Waals surface area (Å²) in [5.74, 6) is -5.97. The number of hydrogen-bond donors (Lipinski definition) is 4. The first-order valence-electron chi connectivity index (χ1n) is 12.4. The fraction of sp³-hybridized carbons (Fsp3) is 0.792. The zero-order chi connectivity index (χ0) is 28.0. The number of carboxylic acids is 2. The lowest BCUT2D eigenvalue weighted by molar-refractivity contribution is -0.178. The summed E-state index contributed by atoms with van der Waals surface area (Å²) >= 11 is 0. The van der Waals surface area contributed by atoms with Crippen LogP contribution in [0.15, 0.2) is 0 Å². The number of unbranched alkanes of at least 4 members (excludes halogenated alkanes) is 1. The SMILES string of the molecule is COC1C(CCOC(O)CCC(=O)O)C(=O)C(CCCCO)C(=O)N1CCOC(=O)C(C)CCC(=O)O. The Bertz CT molecular complexity index is 773. The normalized spacial score (nSPS) is 21.5. The van der Waals surface area contributed by atoms with Crippen LogP contribution in [0.5, 0.6) is 0 Å². The van der Waals surface area contributed by atoms with Crippen LogP contribution in [-0.2, 0) is 38.2 Å². The highest BCUT2D eigenvalue weighted by Crippen LogP contribution is 2.31. The smallest absolute Gasteiger partial charge is 0.308 e. The van der Waals surface area contributed by atoms with Gasteiger partial charge in [-0.15, -0.1) is 0 Å². The van der Waals surface area contributed by atoms with E-state index in [1.54, 1.807) is 6.92 Å². The first kappa shape index (κ1) is 32.4. The van der Waals surface area contributed by atoms with Crippen molar-refractivity contribution in [3.05, 3.63) is 0 Å². The fourth-order valence-corrected chi connectivity index (χ4v) is 4.11. The lowest BCUT2D eigenvalue weighted by atomic mass is 9.81. The third kappa shape index (κ3) is 11.1. The average molecular weight is 534 g/mol. The van der Waals surface area contributed by atoms with Gasteiger partial charge in [0.1, 0.15) is 12.8 Å². The van der Waals surface area contributed by atoms with Crippen molar-refractivity contribution in [3.63, 3.8) is 0 Å². The molecule has 1 rings (SSSR count). The summed E-state index contributed by atoms with van der Waals surface area (Å²) in [6.45, 7) is 1.14. The molecule has 1 amide bonds. The van der Waals surface area contributed by atoms with Crippen LogP contribution in [0.25, 0.3) is 0 Å². The second kappa shape index (κ2) is 17.0. The lowest BCUT2D eigenvalue weighted by Gasteiger charge is -2.42. The van der Waals surface area contributed by atoms with Crippen LogP contribution in [0.1, 0.15) is 58.3 Å². The van der Waals surface area contributed by atoms with Crippen LogP contribution in [0.3, 0.4) is 0 Å². The molecule has 0 aromatic carbocycles. The average Bonchev–Trinajstić information content (AvgIpc) is 2.85. The minimum atomic E-state index is -1.32. The maximum absolute atomic E-state index is 13.2. The van der Waals surface area contributed by atoms with E-state index < -0.39 is 54.1 Å². The van der Waals surface area contributed by atoms with Crippen LogP contribution >= 0.6 is 0 Å². The number of Topliss-reactive ketones (excluding diaryl/α,β-unsaturated/α-hetero) is 1. The Morgan fingerprint density at radius 3 is 2.24 bits per heavy atom. The minimum absolute atomic E-state index is 0.0584. The zero-order valence-corrected chi connectivity index (χ0v) is 21.4. The number of likely N-dealkylation sites (tertiary alicyclic amines) is 1. The number of carboxylic acid groups (broad SMARTS) is 2. The molecule has 0 spiro atoms. The van der Waals surface area contributed by atoms with Crippen molar-refractivity contribution in [3.8, 4) is 0 Å². The first-order chi connectivity index (χ1) is 17.5. The molecule has 5 atom stereocenters. The summed E-state index contributed by atoms with van der Waals surface area (Å²) < 4.78 is 16.0. The summed E-state index contributed by atoms with van der Waals surface area (Å²) in [5, 5.41) is 36.4. The van der Waals surface area contributed by atoms with Gasteiger partial charge < -0.3 is 39.5 Å². The second-order valence-corrected chi connectivity index (χ2v) is 8.99. The highest BCUT2D eigenvalue weighted by atomic mass is 16.6. The van der Waals surface area contributed by atoms with Gasteiger partial charge in [-0.3, -0.25) is 24.0 Å². The van der Waals surface area contributed by atoms with Gasteiger partial charge >= 0.3 is 17.9 Å². The van der Waals surface area contributed by atoms with Crippen molar-refractivity contribution in [2.45, 2.75) is 70.8 Å². The Balaban J connectivity index is 2.87. The van der Waals surface area contributed by atoms with Gasteiger partial charge in [-0.1, -0.05) is 6.92 Å². The van der Waals surface area contributed by atoms with Gasteiger partial charge in [0, 0.05) is 26.6 Å². The summed E-state index contributed by atoms with van der Waals surface area (Å²) in [5.41, 5.74) is 0. The molecular weight excluding hydrogens is 494 g/mol. The number of amides is 1. The van der Waals surface area contributed by atoms with E-state index in [2.05, 4.69) is 0 Å². The van der Waals surface area contributed by atoms with Crippen molar-refractivity contribution in [1.29, 1.82) is 0 Å². The molecule has 4 N–H and O–H groups in total. The molecule has 0 aromatic heterocycles. The number of hydrogen-bond acceptors (Lipinski definition) is 10. The van der Waals surface area contributed by atoms with E-state index in [-0.39, 0.29) is 70.7 Å². The number of esters is 1. The molecule has 0 radical (unpaired) electrons. The molecule has 5 unspecified atom stereocenters. The number of methoxy groups -OCH3 is 1. The number of ketones is 1. The molecule has 13 nitrogen and oxygen atoms in total. The Morgan fingerprint density at radius 2 is 1.65 bits per heavy atom. The van der Waals surface area contributed by atoms with Gasteiger partial charge in [-0.2, -0.15) is 0 Å². The van der Waals surface area contributed by atoms with E-state index in [0.29, 0.717) is 12.8 Å². The molecule has 0 bridgehead atoms. The number of ether oxygens (including phenoxy) is 3. The number of aliphatic carboxylic acids is 2. The number of aliphatic hydroxyl groups is 2. The van der Waals surface area contributed by atoms with Gasteiger partial charge in [0.2, 0.25) is 5.91 Å². The van der Waals surface area contributed by atoms with Crippen LogP contribution in [0, 0.1) is 17.8 Å². The predicted octanol–water partition coefficient (Wildman–Crippen LogP) is 0.399. The summed E-state index contributed by atoms with van der Waals surface area (Å²) in [7, 11) is 1.33. The molecule has 37 heavy (non-hydrogen) atoms. The molecule has 1 aliphatic rings. The maximum atomic E-state index is 13.2. The van der Waals surface area contributed by atoms with E-state index in [4.69, 9.17) is 29.5 Å². The van der Waals surface area contributed by atoms with E-state index in [1.807, 2.05) is 0 Å². The van der Waals surface area contributed by atoms with Gasteiger partial charge in [0.25, 0.3) is 0 Å². The molecule has 1 saturated heterocycles. The van der Waals surface area contributed by atoms with E-state index in [9.17, 15) is 29.1 Å². The molecule has 1 aliphatic heterocycles. The van der Waals surface area contributed by atoms with Gasteiger partial charge in [-0.05, 0) is 32.1 Å². The van der Waals surface area contributed by atoms with Gasteiger partial charge in [0.05, 0.1) is 37.3 Å². The monoisotopic (exact) mass is 533 g/mol. The highest BCUT2D eigenvalue weighted by Gasteiger charge is 2.47. The van der Waals surface area contributed by atoms with Gasteiger partial charge in [0.15, 0.2) is 12.1 Å². The maximum Gasteiger partial charge on any atom is 0.308 e. The van der Waals surface area contributed by atoms with E-state index in [0.717, 1.165) is 0 Å². The standard InChI is InChI=1S/C24H39NO12/c1-15(6-7-18(27)28)24(34)37-14-11-25-22(33)16(5-3-4-12-26)21(32)17(23(25)35-2)10-13-36-20(31)9-8-19(29)30/h15-17,20,23,26,31H,3-14H2,1-2H3,(H,27,28)(H,29,30). The van der Waals surface area contributed by atoms with E-state index >= 15 is 0 Å². The third-order valence-corrected chi connectivity index (χ3v) is 6.20.